The maximum Gasteiger partial charge on any atom is 0.503 e. The first-order valence-corrected chi connectivity index (χ1v) is 3.84. The Morgan fingerprint density at radius 1 is 1.27 bits per heavy atom. The molecule has 3 N–H and O–H groups in total. The van der Waals surface area contributed by atoms with Crippen molar-refractivity contribution in [2.24, 2.45) is 0 Å². The number of aromatic amines is 1. The van der Waals surface area contributed by atoms with Crippen LogP contribution in [0.25, 0.3) is 10.9 Å². The number of hydrogen-bond acceptors (Lipinski definition) is 1. The molecule has 0 aliphatic carbocycles. The number of nitrogens with one attached hydrogen (secondary N) is 1. The molecule has 0 spiro atoms. The van der Waals surface area contributed by atoms with Gasteiger partial charge in [0, 0.05) is 17.6 Å². The van der Waals surface area contributed by atoms with Gasteiger partial charge in [-0.05, 0) is 12.1 Å². The minimum atomic E-state index is -1.83. The van der Waals surface area contributed by atoms with Crippen LogP contribution in [0.15, 0.2) is 24.4 Å². The highest BCUT2D eigenvalue weighted by Crippen LogP contribution is 2.17. The molecule has 0 aliphatic rings. The number of rotatable bonds is 0. The van der Waals surface area contributed by atoms with Gasteiger partial charge in [-0.1, -0.05) is 0 Å². The Labute approximate surface area is 82.8 Å². The molecule has 1 heterocycles. The normalized spacial score (nSPS) is 9.47. The average Bonchev–Trinajstić information content (AvgIpc) is 2.50. The summed E-state index contributed by atoms with van der Waals surface area (Å²) in [7, 11) is 0. The summed E-state index contributed by atoms with van der Waals surface area (Å²) < 4.78 is 25.3. The van der Waals surface area contributed by atoms with Crippen molar-refractivity contribution < 1.29 is 23.8 Å². The molecule has 0 unspecified atom stereocenters. The molecular formula is C9H7F2NO3. The molecule has 0 radical (unpaired) electrons. The molecule has 0 aliphatic heterocycles. The summed E-state index contributed by atoms with van der Waals surface area (Å²) in [6.45, 7) is 0. The third-order valence-electron chi connectivity index (χ3n) is 1.58. The number of H-pyrrole nitrogens is 1. The molecule has 0 fully saturated rings. The fraction of sp³-hybridized carbons (Fsp3) is 0. The van der Waals surface area contributed by atoms with Crippen molar-refractivity contribution in [3.8, 4) is 0 Å². The quantitative estimate of drug-likeness (QED) is 0.632. The molecule has 1 aromatic heterocycles. The standard InChI is InChI=1S/C8H5F2N.CH2O3/c9-6-3-5-1-2-11-8(5)7(10)4-6;2-1(3)4/h1-4,11H;(H2,2,3,4). The third-order valence-corrected chi connectivity index (χ3v) is 1.58. The van der Waals surface area contributed by atoms with Crippen molar-refractivity contribution in [2.45, 2.75) is 0 Å². The number of aromatic nitrogens is 1. The fourth-order valence-corrected chi connectivity index (χ4v) is 1.09. The summed E-state index contributed by atoms with van der Waals surface area (Å²) in [6.07, 6.45) is -0.257. The molecule has 2 rings (SSSR count). The maximum absolute atomic E-state index is 12.8. The zero-order valence-corrected chi connectivity index (χ0v) is 7.37. The molecule has 0 bridgehead atoms. The smallest absolute Gasteiger partial charge is 0.450 e. The fourth-order valence-electron chi connectivity index (χ4n) is 1.09. The van der Waals surface area contributed by atoms with Crippen molar-refractivity contribution in [1.82, 2.24) is 4.98 Å². The Bertz CT molecular complexity index is 477. The molecule has 0 amide bonds. The minimum Gasteiger partial charge on any atom is -0.450 e. The van der Waals surface area contributed by atoms with E-state index in [4.69, 9.17) is 15.0 Å². The van der Waals surface area contributed by atoms with Crippen LogP contribution >= 0.6 is 0 Å². The Morgan fingerprint density at radius 2 is 1.87 bits per heavy atom. The van der Waals surface area contributed by atoms with E-state index in [9.17, 15) is 8.78 Å². The monoisotopic (exact) mass is 215 g/mol. The van der Waals surface area contributed by atoms with Crippen LogP contribution in [-0.4, -0.2) is 21.4 Å². The predicted octanol–water partition coefficient (Wildman–Crippen LogP) is 2.67. The SMILES string of the molecule is Fc1cc(F)c2[nH]ccc2c1.O=C(O)O. The first-order chi connectivity index (χ1) is 7.00. The van der Waals surface area contributed by atoms with E-state index >= 15 is 0 Å². The molecule has 1 aromatic carbocycles. The topological polar surface area (TPSA) is 73.3 Å². The molecule has 80 valence electrons. The van der Waals surface area contributed by atoms with Gasteiger partial charge in [-0.2, -0.15) is 0 Å². The van der Waals surface area contributed by atoms with Gasteiger partial charge in [0.2, 0.25) is 0 Å². The number of carboxylic acid groups (broad SMARTS) is 2. The summed E-state index contributed by atoms with van der Waals surface area (Å²) in [4.78, 5) is 11.2. The maximum atomic E-state index is 12.8. The number of carbonyl (C=O) groups is 1. The van der Waals surface area contributed by atoms with Gasteiger partial charge >= 0.3 is 6.16 Å². The third kappa shape index (κ3) is 2.94. The Morgan fingerprint density at radius 3 is 2.47 bits per heavy atom. The van der Waals surface area contributed by atoms with Crippen molar-refractivity contribution in [2.75, 3.05) is 0 Å². The van der Waals surface area contributed by atoms with Crippen LogP contribution in [0.2, 0.25) is 0 Å². The van der Waals surface area contributed by atoms with E-state index < -0.39 is 17.8 Å². The molecule has 0 atom stereocenters. The Hall–Kier alpha value is -2.11. The van der Waals surface area contributed by atoms with Crippen molar-refractivity contribution in [1.29, 1.82) is 0 Å². The number of hydrogen-bond donors (Lipinski definition) is 3. The highest BCUT2D eigenvalue weighted by Gasteiger charge is 2.02. The zero-order chi connectivity index (χ0) is 11.4. The van der Waals surface area contributed by atoms with Gasteiger partial charge in [-0.15, -0.1) is 0 Å². The lowest BCUT2D eigenvalue weighted by atomic mass is 10.2. The predicted molar refractivity (Wildman–Crippen MR) is 48.9 cm³/mol. The summed E-state index contributed by atoms with van der Waals surface area (Å²) in [5.41, 5.74) is 0.353. The van der Waals surface area contributed by atoms with Gasteiger partial charge in [0.15, 0.2) is 0 Å². The summed E-state index contributed by atoms with van der Waals surface area (Å²) in [6, 6.07) is 3.77. The van der Waals surface area contributed by atoms with Gasteiger partial charge in [-0.25, -0.2) is 13.6 Å². The van der Waals surface area contributed by atoms with Gasteiger partial charge in [0.25, 0.3) is 0 Å². The summed E-state index contributed by atoms with van der Waals surface area (Å²) in [5, 5.41) is 14.5. The van der Waals surface area contributed by atoms with E-state index in [0.29, 0.717) is 10.9 Å². The average molecular weight is 215 g/mol. The van der Waals surface area contributed by atoms with E-state index in [1.165, 1.54) is 6.07 Å². The molecular weight excluding hydrogens is 208 g/mol. The second-order valence-corrected chi connectivity index (χ2v) is 2.61. The first-order valence-electron chi connectivity index (χ1n) is 3.84. The molecule has 2 aromatic rings. The van der Waals surface area contributed by atoms with E-state index in [-0.39, 0.29) is 0 Å². The highest BCUT2D eigenvalue weighted by atomic mass is 19.1. The van der Waals surface area contributed by atoms with Gasteiger partial charge in [0.1, 0.15) is 11.6 Å². The summed E-state index contributed by atoms with van der Waals surface area (Å²) >= 11 is 0. The lowest BCUT2D eigenvalue weighted by Gasteiger charge is -1.91. The molecule has 0 saturated carbocycles. The highest BCUT2D eigenvalue weighted by molar-refractivity contribution is 5.79. The van der Waals surface area contributed by atoms with Crippen molar-refractivity contribution >= 4 is 17.1 Å². The van der Waals surface area contributed by atoms with Gasteiger partial charge in [0.05, 0.1) is 5.52 Å². The van der Waals surface area contributed by atoms with Crippen LogP contribution in [0.1, 0.15) is 0 Å². The van der Waals surface area contributed by atoms with Crippen LogP contribution in [0, 0.1) is 11.6 Å². The Kier molecular flexibility index (Phi) is 3.22. The second-order valence-electron chi connectivity index (χ2n) is 2.61. The lowest BCUT2D eigenvalue weighted by molar-refractivity contribution is 0.137. The molecule has 4 nitrogen and oxygen atoms in total. The number of halogens is 2. The number of fused-ring (bicyclic) bond motifs is 1. The minimum absolute atomic E-state index is 0.353. The summed E-state index contributed by atoms with van der Waals surface area (Å²) in [5.74, 6) is -1.10. The van der Waals surface area contributed by atoms with E-state index in [1.807, 2.05) is 0 Å². The van der Waals surface area contributed by atoms with Crippen LogP contribution in [0.5, 0.6) is 0 Å². The van der Waals surface area contributed by atoms with Crippen LogP contribution in [0.3, 0.4) is 0 Å². The largest absolute Gasteiger partial charge is 0.503 e. The van der Waals surface area contributed by atoms with Crippen molar-refractivity contribution in [3.05, 3.63) is 36.0 Å². The second kappa shape index (κ2) is 4.41. The van der Waals surface area contributed by atoms with Crippen LogP contribution < -0.4 is 0 Å². The Balaban J connectivity index is 0.000000245. The van der Waals surface area contributed by atoms with E-state index in [1.54, 1.807) is 12.3 Å². The number of benzene rings is 1. The molecule has 6 heteroatoms. The first kappa shape index (κ1) is 11.0. The lowest BCUT2D eigenvalue weighted by Crippen LogP contribution is -1.81. The molecule has 0 saturated heterocycles. The zero-order valence-electron chi connectivity index (χ0n) is 7.37. The van der Waals surface area contributed by atoms with Crippen molar-refractivity contribution in [3.63, 3.8) is 0 Å². The van der Waals surface area contributed by atoms with Gasteiger partial charge in [-0.3, -0.25) is 0 Å². The van der Waals surface area contributed by atoms with Crippen LogP contribution in [0.4, 0.5) is 13.6 Å². The van der Waals surface area contributed by atoms with E-state index in [2.05, 4.69) is 4.98 Å². The molecule has 15 heavy (non-hydrogen) atoms. The van der Waals surface area contributed by atoms with Gasteiger partial charge < -0.3 is 15.2 Å². The van der Waals surface area contributed by atoms with Crippen LogP contribution in [-0.2, 0) is 0 Å². The van der Waals surface area contributed by atoms with E-state index in [0.717, 1.165) is 6.07 Å².